The highest BCUT2D eigenvalue weighted by Gasteiger charge is 2.18. The van der Waals surface area contributed by atoms with Crippen molar-refractivity contribution in [3.05, 3.63) is 29.8 Å². The lowest BCUT2D eigenvalue weighted by atomic mass is 10.0. The lowest BCUT2D eigenvalue weighted by Gasteiger charge is -2.14. The zero-order valence-corrected chi connectivity index (χ0v) is 9.14. The third-order valence-corrected chi connectivity index (χ3v) is 2.57. The van der Waals surface area contributed by atoms with Gasteiger partial charge in [0.1, 0.15) is 5.75 Å². The number of para-hydroxylation sites is 1. The second kappa shape index (κ2) is 5.23. The van der Waals surface area contributed by atoms with E-state index in [0.717, 1.165) is 12.3 Å². The van der Waals surface area contributed by atoms with Gasteiger partial charge >= 0.3 is 0 Å². The van der Waals surface area contributed by atoms with Gasteiger partial charge in [-0.2, -0.15) is 0 Å². The molecule has 1 N–H and O–H groups in total. The van der Waals surface area contributed by atoms with E-state index in [0.29, 0.717) is 6.04 Å². The maximum Gasteiger partial charge on any atom is 0.123 e. The summed E-state index contributed by atoms with van der Waals surface area (Å²) in [6.45, 7) is 1.13. The molecule has 1 aromatic rings. The van der Waals surface area contributed by atoms with Gasteiger partial charge in [-0.3, -0.25) is 0 Å². The van der Waals surface area contributed by atoms with Gasteiger partial charge in [0, 0.05) is 11.6 Å². The standard InChI is InChI=1S/C11H15NO.ClH/c1-13-11-7-3-2-5-9(11)10-6-4-8-12-10;/h2-3,5,7,10,12H,4,6,8H2,1H3;1H/t10-;/m0./s1. The predicted molar refractivity (Wildman–Crippen MR) is 60.2 cm³/mol. The van der Waals surface area contributed by atoms with Crippen LogP contribution in [0.3, 0.4) is 0 Å². The van der Waals surface area contributed by atoms with Gasteiger partial charge in [0.15, 0.2) is 0 Å². The van der Waals surface area contributed by atoms with Gasteiger partial charge < -0.3 is 10.1 Å². The number of ether oxygens (including phenoxy) is 1. The molecule has 1 atom stereocenters. The highest BCUT2D eigenvalue weighted by atomic mass is 35.5. The molecule has 78 valence electrons. The molecule has 0 saturated carbocycles. The van der Waals surface area contributed by atoms with Crippen LogP contribution in [0, 0.1) is 0 Å². The molecule has 0 spiro atoms. The Hall–Kier alpha value is -0.730. The molecular formula is C11H16ClNO. The maximum atomic E-state index is 5.32. The summed E-state index contributed by atoms with van der Waals surface area (Å²) in [7, 11) is 1.73. The van der Waals surface area contributed by atoms with Crippen molar-refractivity contribution in [1.29, 1.82) is 0 Å². The van der Waals surface area contributed by atoms with Crippen LogP contribution in [0.1, 0.15) is 24.4 Å². The molecule has 0 aromatic heterocycles. The van der Waals surface area contributed by atoms with Crippen molar-refractivity contribution in [1.82, 2.24) is 5.32 Å². The molecule has 0 aliphatic carbocycles. The summed E-state index contributed by atoms with van der Waals surface area (Å²) >= 11 is 0. The van der Waals surface area contributed by atoms with Gasteiger partial charge in [-0.15, -0.1) is 12.4 Å². The molecule has 1 aliphatic heterocycles. The second-order valence-corrected chi connectivity index (χ2v) is 3.39. The number of rotatable bonds is 2. The first-order valence-corrected chi connectivity index (χ1v) is 4.78. The summed E-state index contributed by atoms with van der Waals surface area (Å²) in [6, 6.07) is 8.74. The predicted octanol–water partition coefficient (Wildman–Crippen LogP) is 2.54. The summed E-state index contributed by atoms with van der Waals surface area (Å²) in [5, 5.41) is 3.47. The largest absolute Gasteiger partial charge is 0.496 e. The van der Waals surface area contributed by atoms with Crippen molar-refractivity contribution in [2.45, 2.75) is 18.9 Å². The van der Waals surface area contributed by atoms with E-state index < -0.39 is 0 Å². The van der Waals surface area contributed by atoms with Gasteiger partial charge in [0.25, 0.3) is 0 Å². The zero-order chi connectivity index (χ0) is 9.10. The number of hydrogen-bond donors (Lipinski definition) is 1. The van der Waals surface area contributed by atoms with Crippen molar-refractivity contribution < 1.29 is 4.74 Å². The van der Waals surface area contributed by atoms with Gasteiger partial charge in [-0.25, -0.2) is 0 Å². The van der Waals surface area contributed by atoms with E-state index in [4.69, 9.17) is 4.74 Å². The minimum absolute atomic E-state index is 0. The van der Waals surface area contributed by atoms with Gasteiger partial charge in [0.2, 0.25) is 0 Å². The van der Waals surface area contributed by atoms with Gasteiger partial charge in [-0.1, -0.05) is 18.2 Å². The lowest BCUT2D eigenvalue weighted by molar-refractivity contribution is 0.403. The van der Waals surface area contributed by atoms with Crippen LogP contribution in [0.4, 0.5) is 0 Å². The van der Waals surface area contributed by atoms with Crippen LogP contribution in [-0.2, 0) is 0 Å². The number of halogens is 1. The topological polar surface area (TPSA) is 21.3 Å². The summed E-state index contributed by atoms with van der Waals surface area (Å²) < 4.78 is 5.32. The normalized spacial score (nSPS) is 20.2. The fraction of sp³-hybridized carbons (Fsp3) is 0.455. The Bertz CT molecular complexity index is 284. The zero-order valence-electron chi connectivity index (χ0n) is 8.32. The van der Waals surface area contributed by atoms with E-state index in [-0.39, 0.29) is 12.4 Å². The Morgan fingerprint density at radius 3 is 2.79 bits per heavy atom. The van der Waals surface area contributed by atoms with Crippen molar-refractivity contribution in [2.75, 3.05) is 13.7 Å². The van der Waals surface area contributed by atoms with E-state index in [2.05, 4.69) is 17.4 Å². The highest BCUT2D eigenvalue weighted by molar-refractivity contribution is 5.85. The minimum atomic E-state index is 0. The Morgan fingerprint density at radius 2 is 2.14 bits per heavy atom. The highest BCUT2D eigenvalue weighted by Crippen LogP contribution is 2.30. The molecule has 14 heavy (non-hydrogen) atoms. The monoisotopic (exact) mass is 213 g/mol. The fourth-order valence-corrected chi connectivity index (χ4v) is 1.90. The van der Waals surface area contributed by atoms with Crippen LogP contribution in [0.5, 0.6) is 5.75 Å². The first-order chi connectivity index (χ1) is 6.42. The average Bonchev–Trinajstić information content (AvgIpc) is 2.70. The summed E-state index contributed by atoms with van der Waals surface area (Å²) in [5.74, 6) is 1.00. The molecular weight excluding hydrogens is 198 g/mol. The Kier molecular flexibility index (Phi) is 4.23. The molecule has 2 rings (SSSR count). The lowest BCUT2D eigenvalue weighted by Crippen LogP contribution is -2.13. The number of methoxy groups -OCH3 is 1. The van der Waals surface area contributed by atoms with Crippen LogP contribution in [0.25, 0.3) is 0 Å². The number of benzene rings is 1. The summed E-state index contributed by atoms with van der Waals surface area (Å²) in [4.78, 5) is 0. The summed E-state index contributed by atoms with van der Waals surface area (Å²) in [6.07, 6.45) is 2.49. The Labute approximate surface area is 91.1 Å². The molecule has 1 aliphatic rings. The third-order valence-electron chi connectivity index (χ3n) is 2.57. The molecule has 0 amide bonds. The number of nitrogens with one attached hydrogen (secondary N) is 1. The molecule has 1 saturated heterocycles. The molecule has 3 heteroatoms. The molecule has 0 bridgehead atoms. The van der Waals surface area contributed by atoms with Crippen LogP contribution >= 0.6 is 12.4 Å². The first kappa shape index (κ1) is 11.3. The first-order valence-electron chi connectivity index (χ1n) is 4.78. The van der Waals surface area contributed by atoms with E-state index in [9.17, 15) is 0 Å². The second-order valence-electron chi connectivity index (χ2n) is 3.39. The van der Waals surface area contributed by atoms with E-state index in [1.54, 1.807) is 7.11 Å². The third kappa shape index (κ3) is 2.20. The SMILES string of the molecule is COc1ccccc1[C@@H]1CCCN1.Cl. The van der Waals surface area contributed by atoms with Crippen LogP contribution in [-0.4, -0.2) is 13.7 Å². The van der Waals surface area contributed by atoms with Crippen molar-refractivity contribution in [3.63, 3.8) is 0 Å². The van der Waals surface area contributed by atoms with Crippen LogP contribution < -0.4 is 10.1 Å². The van der Waals surface area contributed by atoms with Crippen LogP contribution in [0.2, 0.25) is 0 Å². The van der Waals surface area contributed by atoms with Crippen molar-refractivity contribution in [2.24, 2.45) is 0 Å². The maximum absolute atomic E-state index is 5.32. The smallest absolute Gasteiger partial charge is 0.123 e. The fourth-order valence-electron chi connectivity index (χ4n) is 1.90. The Morgan fingerprint density at radius 1 is 1.36 bits per heavy atom. The minimum Gasteiger partial charge on any atom is -0.496 e. The van der Waals surface area contributed by atoms with E-state index >= 15 is 0 Å². The van der Waals surface area contributed by atoms with E-state index in [1.807, 2.05) is 12.1 Å². The number of hydrogen-bond acceptors (Lipinski definition) is 2. The van der Waals surface area contributed by atoms with Crippen LogP contribution in [0.15, 0.2) is 24.3 Å². The molecule has 1 fully saturated rings. The van der Waals surface area contributed by atoms with Gasteiger partial charge in [0.05, 0.1) is 7.11 Å². The Balaban J connectivity index is 0.000000980. The van der Waals surface area contributed by atoms with Crippen molar-refractivity contribution >= 4 is 12.4 Å². The molecule has 0 unspecified atom stereocenters. The molecule has 1 heterocycles. The summed E-state index contributed by atoms with van der Waals surface area (Å²) in [5.41, 5.74) is 1.29. The quantitative estimate of drug-likeness (QED) is 0.816. The van der Waals surface area contributed by atoms with Gasteiger partial charge in [-0.05, 0) is 25.5 Å². The van der Waals surface area contributed by atoms with Crippen molar-refractivity contribution in [3.8, 4) is 5.75 Å². The van der Waals surface area contributed by atoms with E-state index in [1.165, 1.54) is 18.4 Å². The molecule has 2 nitrogen and oxygen atoms in total. The molecule has 1 aromatic carbocycles. The average molecular weight is 214 g/mol. The molecule has 0 radical (unpaired) electrons.